The lowest BCUT2D eigenvalue weighted by molar-refractivity contribution is -0.131. The summed E-state index contributed by atoms with van der Waals surface area (Å²) in [4.78, 5) is 22.3. The number of morpholine rings is 1. The van der Waals surface area contributed by atoms with E-state index in [1.807, 2.05) is 13.0 Å². The molecule has 0 saturated carbocycles. The van der Waals surface area contributed by atoms with Gasteiger partial charge in [0, 0.05) is 17.1 Å². The number of nitrogens with zero attached hydrogens (tertiary/aromatic N) is 5. The highest BCUT2D eigenvalue weighted by Crippen LogP contribution is 2.39. The highest BCUT2D eigenvalue weighted by molar-refractivity contribution is 7.14. The smallest absolute Gasteiger partial charge is 0.239 e. The predicted molar refractivity (Wildman–Crippen MR) is 137 cm³/mol. The molecule has 0 bridgehead atoms. The second-order valence-corrected chi connectivity index (χ2v) is 9.27. The number of carbonyl (C=O) groups excluding carboxylic acids is 1. The van der Waals surface area contributed by atoms with E-state index >= 15 is 0 Å². The van der Waals surface area contributed by atoms with E-state index in [1.165, 1.54) is 17.5 Å². The maximum Gasteiger partial charge on any atom is 0.239 e. The van der Waals surface area contributed by atoms with Crippen LogP contribution in [0.4, 0.5) is 5.82 Å². The monoisotopic (exact) mass is 450 g/mol. The fourth-order valence-electron chi connectivity index (χ4n) is 3.39. The molecule has 4 rings (SSSR count). The van der Waals surface area contributed by atoms with Gasteiger partial charge in [-0.1, -0.05) is 11.3 Å². The molecule has 3 aromatic rings. The Morgan fingerprint density at radius 3 is 2.24 bits per heavy atom. The highest BCUT2D eigenvalue weighted by atomic mass is 32.1. The van der Waals surface area contributed by atoms with Crippen LogP contribution >= 0.6 is 11.3 Å². The number of nitrogens with one attached hydrogen (secondary N) is 1. The van der Waals surface area contributed by atoms with Crippen LogP contribution in [0.1, 0.15) is 5.01 Å². The number of ether oxygens (including phenoxy) is 1. The van der Waals surface area contributed by atoms with Gasteiger partial charge in [0.2, 0.25) is 5.91 Å². The Labute approximate surface area is 211 Å². The van der Waals surface area contributed by atoms with Crippen LogP contribution in [0.3, 0.4) is 0 Å². The van der Waals surface area contributed by atoms with Gasteiger partial charge in [-0.2, -0.15) is 0 Å². The lowest BCUT2D eigenvalue weighted by Gasteiger charge is -2.70. The molecule has 4 heterocycles. The lowest BCUT2D eigenvalue weighted by atomic mass is 9.30. The summed E-state index contributed by atoms with van der Waals surface area (Å²) < 4.78 is 5.13. The minimum Gasteiger partial charge on any atom is -0.406 e. The molecule has 1 saturated heterocycles. The van der Waals surface area contributed by atoms with Crippen molar-refractivity contribution in [2.24, 2.45) is 0 Å². The number of fused-ring (bicyclic) bond motifs is 1. The van der Waals surface area contributed by atoms with Gasteiger partial charge < -0.3 is 15.0 Å². The van der Waals surface area contributed by atoms with Gasteiger partial charge in [0.1, 0.15) is 15.8 Å². The standard InChI is InChI=1S/C17H10B8N6O2S/c1-7-29-30-13(34-7)9-2-8-3-11(27-5-10(8)26-4-9)28-12(32)6-31-14(18,19)16(22,23)33-17(24,25)15(31,20)21/h2-5H,6H2,1H3,(H,27,28,32). The maximum absolute atomic E-state index is 12.9. The van der Waals surface area contributed by atoms with Gasteiger partial charge in [-0.3, -0.25) is 9.78 Å². The zero-order chi connectivity index (χ0) is 25.1. The largest absolute Gasteiger partial charge is 0.406 e. The third-order valence-electron chi connectivity index (χ3n) is 5.39. The molecule has 150 valence electrons. The first kappa shape index (κ1) is 25.1. The number of anilines is 1. The molecule has 34 heavy (non-hydrogen) atoms. The summed E-state index contributed by atoms with van der Waals surface area (Å²) in [5, 5.41) is 3.91. The predicted octanol–water partition coefficient (Wildman–Crippen LogP) is -2.31. The van der Waals surface area contributed by atoms with Crippen molar-refractivity contribution >= 4 is 96.7 Å². The van der Waals surface area contributed by atoms with Crippen molar-refractivity contribution in [2.45, 2.75) is 28.4 Å². The van der Waals surface area contributed by atoms with Gasteiger partial charge in [-0.25, -0.2) is 4.98 Å². The fourth-order valence-corrected chi connectivity index (χ4v) is 4.06. The molecule has 0 atom stereocenters. The van der Waals surface area contributed by atoms with Crippen LogP contribution in [0.2, 0.25) is 0 Å². The molecule has 1 aliphatic rings. The van der Waals surface area contributed by atoms with Crippen molar-refractivity contribution in [3.05, 3.63) is 29.5 Å². The molecule has 8 nitrogen and oxygen atoms in total. The van der Waals surface area contributed by atoms with Crippen LogP contribution in [0.15, 0.2) is 24.5 Å². The number of aryl methyl sites for hydroxylation is 1. The Morgan fingerprint density at radius 1 is 1.00 bits per heavy atom. The van der Waals surface area contributed by atoms with E-state index in [1.54, 1.807) is 12.3 Å². The normalized spacial score (nSPS) is 20.6. The van der Waals surface area contributed by atoms with E-state index in [9.17, 15) is 4.79 Å². The first-order valence-electron chi connectivity index (χ1n) is 9.79. The quantitative estimate of drug-likeness (QED) is 0.448. The SMILES string of the molecule is [B]C1([B])OC([B])([B])C([B])([B])N(CC(=O)Nc2cc3cc(-c4nnc(C)s4)cnc3cn2)C1([B])[B]. The third kappa shape index (κ3) is 4.26. The minimum absolute atomic E-state index is 0.205. The lowest BCUT2D eigenvalue weighted by Crippen LogP contribution is -2.86. The molecular formula is C17H10B8N6O2S. The molecule has 0 spiro atoms. The van der Waals surface area contributed by atoms with Crippen molar-refractivity contribution in [3.63, 3.8) is 0 Å². The Balaban J connectivity index is 1.58. The molecule has 3 aromatic heterocycles. The number of hydrogen-bond donors (Lipinski definition) is 1. The molecule has 1 N–H and O–H groups in total. The van der Waals surface area contributed by atoms with Crippen LogP contribution in [-0.4, -0.2) is 122 Å². The summed E-state index contributed by atoms with van der Waals surface area (Å²) in [5.74, 6) is -0.458. The van der Waals surface area contributed by atoms with E-state index in [0.717, 1.165) is 15.5 Å². The number of carbonyl (C=O) groups is 1. The Hall–Kier alpha value is -1.97. The second-order valence-electron chi connectivity index (χ2n) is 8.09. The number of rotatable bonds is 4. The highest BCUT2D eigenvalue weighted by Gasteiger charge is 2.57. The topological polar surface area (TPSA) is 93.1 Å². The zero-order valence-corrected chi connectivity index (χ0v) is 18.9. The first-order valence-corrected chi connectivity index (χ1v) is 10.6. The van der Waals surface area contributed by atoms with Crippen molar-refractivity contribution in [1.29, 1.82) is 0 Å². The van der Waals surface area contributed by atoms with E-state index in [2.05, 4.69) is 25.5 Å². The molecule has 0 aliphatic carbocycles. The van der Waals surface area contributed by atoms with Crippen LogP contribution < -0.4 is 5.32 Å². The molecule has 17 heteroatoms. The summed E-state index contributed by atoms with van der Waals surface area (Å²) in [5.41, 5.74) is 1.38. The summed E-state index contributed by atoms with van der Waals surface area (Å²) in [6, 6.07) is 3.48. The summed E-state index contributed by atoms with van der Waals surface area (Å²) >= 11 is 1.43. The molecular weight excluding hydrogens is 439 g/mol. The fraction of sp³-hybridized carbons (Fsp3) is 0.353. The van der Waals surface area contributed by atoms with Crippen LogP contribution in [-0.2, 0) is 9.53 Å². The number of aromatic nitrogens is 4. The van der Waals surface area contributed by atoms with Crippen LogP contribution in [0, 0.1) is 6.92 Å². The first-order chi connectivity index (χ1) is 15.6. The van der Waals surface area contributed by atoms with E-state index in [-0.39, 0.29) is 5.82 Å². The van der Waals surface area contributed by atoms with Crippen molar-refractivity contribution in [2.75, 3.05) is 11.9 Å². The summed E-state index contributed by atoms with van der Waals surface area (Å²) in [7, 11) is 47.4. The summed E-state index contributed by atoms with van der Waals surface area (Å²) in [6.45, 7) is 1.26. The average Bonchev–Trinajstić information content (AvgIpc) is 3.16. The van der Waals surface area contributed by atoms with E-state index in [0.29, 0.717) is 15.9 Å². The Morgan fingerprint density at radius 2 is 1.65 bits per heavy atom. The second kappa shape index (κ2) is 8.31. The maximum atomic E-state index is 12.9. The Kier molecular flexibility index (Phi) is 6.14. The van der Waals surface area contributed by atoms with Crippen LogP contribution in [0.5, 0.6) is 0 Å². The number of amides is 1. The van der Waals surface area contributed by atoms with Gasteiger partial charge >= 0.3 is 0 Å². The van der Waals surface area contributed by atoms with Gasteiger partial charge in [0.25, 0.3) is 0 Å². The zero-order valence-electron chi connectivity index (χ0n) is 18.1. The van der Waals surface area contributed by atoms with Gasteiger partial charge in [-0.15, -0.1) is 10.2 Å². The molecule has 0 aromatic carbocycles. The van der Waals surface area contributed by atoms with E-state index < -0.39 is 33.9 Å². The van der Waals surface area contributed by atoms with Gasteiger partial charge in [0.05, 0.1) is 81.0 Å². The number of pyridine rings is 2. The molecule has 1 aliphatic heterocycles. The van der Waals surface area contributed by atoms with Crippen molar-refractivity contribution in [1.82, 2.24) is 25.1 Å². The molecule has 1 amide bonds. The Bertz CT molecular complexity index is 1240. The van der Waals surface area contributed by atoms with Crippen molar-refractivity contribution in [3.8, 4) is 10.6 Å². The number of hydrogen-bond acceptors (Lipinski definition) is 8. The van der Waals surface area contributed by atoms with Crippen molar-refractivity contribution < 1.29 is 9.53 Å². The molecule has 1 fully saturated rings. The van der Waals surface area contributed by atoms with E-state index in [4.69, 9.17) is 67.5 Å². The third-order valence-corrected chi connectivity index (χ3v) is 6.28. The average molecular weight is 449 g/mol. The van der Waals surface area contributed by atoms with Gasteiger partial charge in [0.15, 0.2) is 0 Å². The van der Waals surface area contributed by atoms with Gasteiger partial charge in [-0.05, 0) is 40.5 Å². The van der Waals surface area contributed by atoms with Crippen LogP contribution in [0.25, 0.3) is 21.5 Å². The molecule has 16 radical (unpaired) electrons. The minimum atomic E-state index is -2.30. The molecule has 0 unspecified atom stereocenters. The summed E-state index contributed by atoms with van der Waals surface area (Å²) in [6.07, 6.45) is 3.17.